The first-order valence-electron chi connectivity index (χ1n) is 6.97. The lowest BCUT2D eigenvalue weighted by atomic mass is 10.2. The standard InChI is InChI=1S/C17H18N2O2/c1-12-3-6-14(7-4-12)20-11-17-19-15-9-13(10-18-2)5-8-16(15)21-17/h3-9,18H,10-11H2,1-2H3. The zero-order valence-electron chi connectivity index (χ0n) is 12.2. The second-order valence-electron chi connectivity index (χ2n) is 5.04. The maximum absolute atomic E-state index is 5.69. The van der Waals surface area contributed by atoms with Gasteiger partial charge in [-0.2, -0.15) is 0 Å². The molecule has 0 unspecified atom stereocenters. The van der Waals surface area contributed by atoms with Crippen molar-refractivity contribution in [2.45, 2.75) is 20.1 Å². The fourth-order valence-corrected chi connectivity index (χ4v) is 2.18. The molecule has 0 radical (unpaired) electrons. The highest BCUT2D eigenvalue weighted by Gasteiger charge is 2.07. The number of ether oxygens (including phenoxy) is 1. The molecule has 0 saturated carbocycles. The van der Waals surface area contributed by atoms with Crippen molar-refractivity contribution in [3.05, 3.63) is 59.5 Å². The first-order chi connectivity index (χ1) is 10.2. The molecule has 2 aromatic carbocycles. The Kier molecular flexibility index (Phi) is 3.88. The highest BCUT2D eigenvalue weighted by atomic mass is 16.5. The van der Waals surface area contributed by atoms with Crippen LogP contribution < -0.4 is 10.1 Å². The van der Waals surface area contributed by atoms with Crippen LogP contribution >= 0.6 is 0 Å². The fraction of sp³-hybridized carbons (Fsp3) is 0.235. The third-order valence-electron chi connectivity index (χ3n) is 3.26. The van der Waals surface area contributed by atoms with Gasteiger partial charge in [0.15, 0.2) is 12.2 Å². The van der Waals surface area contributed by atoms with Crippen LogP contribution in [-0.2, 0) is 13.2 Å². The first-order valence-corrected chi connectivity index (χ1v) is 6.97. The van der Waals surface area contributed by atoms with Gasteiger partial charge >= 0.3 is 0 Å². The van der Waals surface area contributed by atoms with E-state index < -0.39 is 0 Å². The van der Waals surface area contributed by atoms with Crippen LogP contribution in [0.15, 0.2) is 46.9 Å². The quantitative estimate of drug-likeness (QED) is 0.778. The Hall–Kier alpha value is -2.33. The van der Waals surface area contributed by atoms with Crippen LogP contribution in [0.25, 0.3) is 11.1 Å². The molecule has 1 N–H and O–H groups in total. The van der Waals surface area contributed by atoms with Crippen LogP contribution in [0.5, 0.6) is 5.75 Å². The predicted molar refractivity (Wildman–Crippen MR) is 82.3 cm³/mol. The van der Waals surface area contributed by atoms with Crippen LogP contribution in [0.2, 0.25) is 0 Å². The zero-order valence-corrected chi connectivity index (χ0v) is 12.2. The maximum atomic E-state index is 5.69. The molecule has 0 aliphatic heterocycles. The Morgan fingerprint density at radius 2 is 1.95 bits per heavy atom. The van der Waals surface area contributed by atoms with Crippen molar-refractivity contribution < 1.29 is 9.15 Å². The average molecular weight is 282 g/mol. The van der Waals surface area contributed by atoms with E-state index in [2.05, 4.69) is 10.3 Å². The van der Waals surface area contributed by atoms with E-state index in [1.165, 1.54) is 11.1 Å². The maximum Gasteiger partial charge on any atom is 0.233 e. The lowest BCUT2D eigenvalue weighted by Gasteiger charge is -2.03. The number of hydrogen-bond donors (Lipinski definition) is 1. The summed E-state index contributed by atoms with van der Waals surface area (Å²) >= 11 is 0. The van der Waals surface area contributed by atoms with Crippen LogP contribution in [0.3, 0.4) is 0 Å². The molecule has 0 aliphatic carbocycles. The van der Waals surface area contributed by atoms with Crippen molar-refractivity contribution in [3.8, 4) is 5.75 Å². The van der Waals surface area contributed by atoms with E-state index in [1.807, 2.05) is 56.4 Å². The number of hydrogen-bond acceptors (Lipinski definition) is 4. The average Bonchev–Trinajstić information content (AvgIpc) is 2.89. The summed E-state index contributed by atoms with van der Waals surface area (Å²) in [4.78, 5) is 4.47. The van der Waals surface area contributed by atoms with Crippen molar-refractivity contribution >= 4 is 11.1 Å². The second-order valence-corrected chi connectivity index (χ2v) is 5.04. The van der Waals surface area contributed by atoms with Crippen LogP contribution in [0.4, 0.5) is 0 Å². The number of nitrogens with one attached hydrogen (secondary N) is 1. The molecule has 0 amide bonds. The van der Waals surface area contributed by atoms with Crippen LogP contribution in [-0.4, -0.2) is 12.0 Å². The third-order valence-corrected chi connectivity index (χ3v) is 3.26. The van der Waals surface area contributed by atoms with E-state index in [1.54, 1.807) is 0 Å². The topological polar surface area (TPSA) is 47.3 Å². The lowest BCUT2D eigenvalue weighted by Crippen LogP contribution is -2.04. The zero-order chi connectivity index (χ0) is 14.7. The number of aromatic nitrogens is 1. The Labute approximate surface area is 123 Å². The summed E-state index contributed by atoms with van der Waals surface area (Å²) in [6.45, 7) is 3.20. The summed E-state index contributed by atoms with van der Waals surface area (Å²) in [6.07, 6.45) is 0. The molecule has 4 nitrogen and oxygen atoms in total. The van der Waals surface area contributed by atoms with Gasteiger partial charge in [0.2, 0.25) is 5.89 Å². The van der Waals surface area contributed by atoms with Crippen molar-refractivity contribution in [1.29, 1.82) is 0 Å². The lowest BCUT2D eigenvalue weighted by molar-refractivity contribution is 0.267. The van der Waals surface area contributed by atoms with Gasteiger partial charge in [-0.15, -0.1) is 0 Å². The molecule has 0 saturated heterocycles. The Morgan fingerprint density at radius 1 is 1.14 bits per heavy atom. The SMILES string of the molecule is CNCc1ccc2oc(COc3ccc(C)cc3)nc2c1. The van der Waals surface area contributed by atoms with E-state index in [9.17, 15) is 0 Å². The van der Waals surface area contributed by atoms with Gasteiger partial charge < -0.3 is 14.5 Å². The van der Waals surface area contributed by atoms with Gasteiger partial charge in [0.1, 0.15) is 11.3 Å². The highest BCUT2D eigenvalue weighted by Crippen LogP contribution is 2.19. The molecule has 0 spiro atoms. The number of benzene rings is 2. The molecule has 21 heavy (non-hydrogen) atoms. The number of rotatable bonds is 5. The Balaban J connectivity index is 1.73. The largest absolute Gasteiger partial charge is 0.484 e. The fourth-order valence-electron chi connectivity index (χ4n) is 2.18. The van der Waals surface area contributed by atoms with E-state index in [0.717, 1.165) is 23.4 Å². The predicted octanol–water partition coefficient (Wildman–Crippen LogP) is 3.43. The molecule has 0 bridgehead atoms. The minimum absolute atomic E-state index is 0.332. The minimum Gasteiger partial charge on any atom is -0.484 e. The van der Waals surface area contributed by atoms with Crippen molar-refractivity contribution in [2.24, 2.45) is 0 Å². The van der Waals surface area contributed by atoms with Gasteiger partial charge in [-0.3, -0.25) is 0 Å². The molecular formula is C17H18N2O2. The van der Waals surface area contributed by atoms with Gasteiger partial charge in [-0.25, -0.2) is 4.98 Å². The summed E-state index contributed by atoms with van der Waals surface area (Å²) in [6, 6.07) is 14.0. The molecule has 4 heteroatoms. The Morgan fingerprint density at radius 3 is 2.71 bits per heavy atom. The number of fused-ring (bicyclic) bond motifs is 1. The molecular weight excluding hydrogens is 264 g/mol. The monoisotopic (exact) mass is 282 g/mol. The van der Waals surface area contributed by atoms with Gasteiger partial charge in [0, 0.05) is 6.54 Å². The minimum atomic E-state index is 0.332. The summed E-state index contributed by atoms with van der Waals surface area (Å²) in [5, 5.41) is 3.12. The van der Waals surface area contributed by atoms with Crippen molar-refractivity contribution in [3.63, 3.8) is 0 Å². The van der Waals surface area contributed by atoms with Crippen molar-refractivity contribution in [1.82, 2.24) is 10.3 Å². The molecule has 0 atom stereocenters. The molecule has 0 aliphatic rings. The number of nitrogens with zero attached hydrogens (tertiary/aromatic N) is 1. The summed E-state index contributed by atoms with van der Waals surface area (Å²) in [5.74, 6) is 1.41. The summed E-state index contributed by atoms with van der Waals surface area (Å²) in [5.41, 5.74) is 4.05. The van der Waals surface area contributed by atoms with Gasteiger partial charge in [0.05, 0.1) is 0 Å². The Bertz CT molecular complexity index is 732. The molecule has 1 heterocycles. The molecule has 108 valence electrons. The second kappa shape index (κ2) is 5.97. The molecule has 0 fully saturated rings. The third kappa shape index (κ3) is 3.23. The number of oxazole rings is 1. The normalized spacial score (nSPS) is 11.0. The van der Waals surface area contributed by atoms with E-state index in [-0.39, 0.29) is 0 Å². The molecule has 3 rings (SSSR count). The van der Waals surface area contributed by atoms with Gasteiger partial charge in [-0.1, -0.05) is 23.8 Å². The van der Waals surface area contributed by atoms with Gasteiger partial charge in [-0.05, 0) is 43.8 Å². The highest BCUT2D eigenvalue weighted by molar-refractivity contribution is 5.73. The summed E-state index contributed by atoms with van der Waals surface area (Å²) < 4.78 is 11.4. The number of aryl methyl sites for hydroxylation is 1. The molecule has 3 aromatic rings. The van der Waals surface area contributed by atoms with Gasteiger partial charge in [0.25, 0.3) is 0 Å². The first kappa shape index (κ1) is 13.6. The van der Waals surface area contributed by atoms with Crippen LogP contribution in [0, 0.1) is 6.92 Å². The van der Waals surface area contributed by atoms with E-state index >= 15 is 0 Å². The molecule has 1 aromatic heterocycles. The smallest absolute Gasteiger partial charge is 0.233 e. The van der Waals surface area contributed by atoms with E-state index in [0.29, 0.717) is 12.5 Å². The van der Waals surface area contributed by atoms with Crippen molar-refractivity contribution in [2.75, 3.05) is 7.05 Å². The van der Waals surface area contributed by atoms with E-state index in [4.69, 9.17) is 9.15 Å². The summed E-state index contributed by atoms with van der Waals surface area (Å²) in [7, 11) is 1.92. The van der Waals surface area contributed by atoms with Crippen LogP contribution in [0.1, 0.15) is 17.0 Å².